The average Bonchev–Trinajstić information content (AvgIpc) is 2.93. The molecule has 0 aliphatic rings. The minimum atomic E-state index is 0.415. The molecule has 0 amide bonds. The third-order valence-corrected chi connectivity index (χ3v) is 4.50. The summed E-state index contributed by atoms with van der Waals surface area (Å²) in [6.45, 7) is 7.13. The quantitative estimate of drug-likeness (QED) is 0.692. The van der Waals surface area contributed by atoms with E-state index in [4.69, 9.17) is 10.2 Å². The number of nitriles is 1. The Morgan fingerprint density at radius 2 is 2.00 bits per heavy atom. The van der Waals surface area contributed by atoms with Gasteiger partial charge in [0.15, 0.2) is 5.65 Å². The maximum absolute atomic E-state index is 9.13. The third-order valence-electron chi connectivity index (χ3n) is 4.50. The van der Waals surface area contributed by atoms with E-state index in [2.05, 4.69) is 41.6 Å². The predicted molar refractivity (Wildman–Crippen MR) is 95.8 cm³/mol. The number of fused-ring (bicyclic) bond motifs is 1. The fraction of sp³-hybridized carbons (Fsp3) is 0.350. The van der Waals surface area contributed by atoms with Crippen molar-refractivity contribution in [2.75, 3.05) is 0 Å². The van der Waals surface area contributed by atoms with Gasteiger partial charge in [-0.1, -0.05) is 26.0 Å². The van der Waals surface area contributed by atoms with Gasteiger partial charge < -0.3 is 4.57 Å². The van der Waals surface area contributed by atoms with Crippen LogP contribution in [0.4, 0.5) is 0 Å². The second kappa shape index (κ2) is 6.84. The van der Waals surface area contributed by atoms with Crippen LogP contribution in [-0.4, -0.2) is 14.5 Å². The Morgan fingerprint density at radius 3 is 2.71 bits per heavy atom. The summed E-state index contributed by atoms with van der Waals surface area (Å²) in [6, 6.07) is 12.1. The number of rotatable bonds is 5. The lowest BCUT2D eigenvalue weighted by Gasteiger charge is -2.15. The zero-order valence-corrected chi connectivity index (χ0v) is 14.5. The van der Waals surface area contributed by atoms with Crippen molar-refractivity contribution in [3.63, 3.8) is 0 Å². The van der Waals surface area contributed by atoms with Crippen LogP contribution in [0.3, 0.4) is 0 Å². The number of aryl methyl sites for hydroxylation is 1. The average molecular weight is 318 g/mol. The number of hydrogen-bond donors (Lipinski definition) is 0. The Hall–Kier alpha value is -2.67. The molecule has 24 heavy (non-hydrogen) atoms. The molecule has 0 aliphatic heterocycles. The molecule has 4 nitrogen and oxygen atoms in total. The van der Waals surface area contributed by atoms with Gasteiger partial charge in [-0.3, -0.25) is 0 Å². The van der Waals surface area contributed by atoms with E-state index in [0.717, 1.165) is 41.0 Å². The van der Waals surface area contributed by atoms with E-state index in [-0.39, 0.29) is 0 Å². The summed E-state index contributed by atoms with van der Waals surface area (Å²) < 4.78 is 2.21. The first-order valence-electron chi connectivity index (χ1n) is 8.48. The summed E-state index contributed by atoms with van der Waals surface area (Å²) >= 11 is 0. The SMILES string of the molecule is CCC(CC)c1nc2cc(C)cnc2n1Cc1cccc(C#N)c1. The number of pyridine rings is 1. The van der Waals surface area contributed by atoms with Gasteiger partial charge in [0.25, 0.3) is 0 Å². The zero-order chi connectivity index (χ0) is 17.1. The number of benzene rings is 1. The molecule has 2 heterocycles. The van der Waals surface area contributed by atoms with Crippen LogP contribution < -0.4 is 0 Å². The van der Waals surface area contributed by atoms with Gasteiger partial charge in [-0.25, -0.2) is 9.97 Å². The molecule has 0 unspecified atom stereocenters. The van der Waals surface area contributed by atoms with Gasteiger partial charge in [-0.05, 0) is 49.1 Å². The Balaban J connectivity index is 2.13. The number of imidazole rings is 1. The Labute approximate surface area is 142 Å². The molecule has 0 saturated heterocycles. The van der Waals surface area contributed by atoms with Crippen LogP contribution in [0.5, 0.6) is 0 Å². The maximum Gasteiger partial charge on any atom is 0.160 e. The van der Waals surface area contributed by atoms with Crippen molar-refractivity contribution in [1.82, 2.24) is 14.5 Å². The summed E-state index contributed by atoms with van der Waals surface area (Å²) in [5.41, 5.74) is 4.78. The van der Waals surface area contributed by atoms with Crippen LogP contribution in [0, 0.1) is 18.3 Å². The van der Waals surface area contributed by atoms with Crippen LogP contribution in [-0.2, 0) is 6.54 Å². The lowest BCUT2D eigenvalue weighted by molar-refractivity contribution is 0.569. The normalized spacial score (nSPS) is 11.1. The summed E-state index contributed by atoms with van der Waals surface area (Å²) in [5.74, 6) is 1.51. The highest BCUT2D eigenvalue weighted by molar-refractivity contribution is 5.72. The number of hydrogen-bond acceptors (Lipinski definition) is 3. The van der Waals surface area contributed by atoms with Crippen LogP contribution >= 0.6 is 0 Å². The van der Waals surface area contributed by atoms with Gasteiger partial charge in [0, 0.05) is 12.1 Å². The Morgan fingerprint density at radius 1 is 1.21 bits per heavy atom. The first-order valence-corrected chi connectivity index (χ1v) is 8.48. The molecule has 0 fully saturated rings. The molecule has 2 aromatic heterocycles. The van der Waals surface area contributed by atoms with Crippen LogP contribution in [0.15, 0.2) is 36.5 Å². The fourth-order valence-electron chi connectivity index (χ4n) is 3.17. The van der Waals surface area contributed by atoms with E-state index >= 15 is 0 Å². The molecular formula is C20H22N4. The van der Waals surface area contributed by atoms with Crippen molar-refractivity contribution in [3.05, 3.63) is 59.0 Å². The second-order valence-corrected chi connectivity index (χ2v) is 6.24. The van der Waals surface area contributed by atoms with Gasteiger partial charge in [-0.15, -0.1) is 0 Å². The first-order chi connectivity index (χ1) is 11.7. The van der Waals surface area contributed by atoms with Gasteiger partial charge in [-0.2, -0.15) is 5.26 Å². The van der Waals surface area contributed by atoms with Gasteiger partial charge in [0.2, 0.25) is 0 Å². The highest BCUT2D eigenvalue weighted by Crippen LogP contribution is 2.27. The summed E-state index contributed by atoms with van der Waals surface area (Å²) in [4.78, 5) is 9.52. The van der Waals surface area contributed by atoms with E-state index in [1.165, 1.54) is 0 Å². The number of nitrogens with zero attached hydrogens (tertiary/aromatic N) is 4. The minimum absolute atomic E-state index is 0.415. The highest BCUT2D eigenvalue weighted by Gasteiger charge is 2.19. The fourth-order valence-corrected chi connectivity index (χ4v) is 3.17. The molecule has 0 spiro atoms. The van der Waals surface area contributed by atoms with Crippen LogP contribution in [0.2, 0.25) is 0 Å². The largest absolute Gasteiger partial charge is 0.308 e. The predicted octanol–water partition coefficient (Wildman–Crippen LogP) is 4.56. The first kappa shape index (κ1) is 16.2. The van der Waals surface area contributed by atoms with Gasteiger partial charge in [0.1, 0.15) is 11.3 Å². The van der Waals surface area contributed by atoms with Crippen LogP contribution in [0.25, 0.3) is 11.2 Å². The van der Waals surface area contributed by atoms with E-state index < -0.39 is 0 Å². The summed E-state index contributed by atoms with van der Waals surface area (Å²) in [7, 11) is 0. The van der Waals surface area contributed by atoms with E-state index in [9.17, 15) is 0 Å². The van der Waals surface area contributed by atoms with Gasteiger partial charge >= 0.3 is 0 Å². The Kier molecular flexibility index (Phi) is 4.61. The van der Waals surface area contributed by atoms with E-state index in [0.29, 0.717) is 18.0 Å². The third kappa shape index (κ3) is 3.03. The standard InChI is InChI=1S/C20H22N4/c1-4-17(5-2)19-23-18-9-14(3)12-22-20(18)24(19)13-16-8-6-7-15(10-16)11-21/h6-10,12,17H,4-5,13H2,1-3H3. The molecule has 0 N–H and O–H groups in total. The minimum Gasteiger partial charge on any atom is -0.308 e. The molecule has 0 saturated carbocycles. The molecule has 3 aromatic rings. The highest BCUT2D eigenvalue weighted by atomic mass is 15.1. The zero-order valence-electron chi connectivity index (χ0n) is 14.5. The summed E-state index contributed by atoms with van der Waals surface area (Å²) in [6.07, 6.45) is 4.00. The molecular weight excluding hydrogens is 296 g/mol. The van der Waals surface area contributed by atoms with Crippen LogP contribution in [0.1, 0.15) is 55.1 Å². The van der Waals surface area contributed by atoms with E-state index in [1.807, 2.05) is 31.3 Å². The van der Waals surface area contributed by atoms with E-state index in [1.54, 1.807) is 0 Å². The topological polar surface area (TPSA) is 54.5 Å². The van der Waals surface area contributed by atoms with Crippen molar-refractivity contribution in [2.24, 2.45) is 0 Å². The summed E-state index contributed by atoms with van der Waals surface area (Å²) in [5, 5.41) is 9.13. The number of aromatic nitrogens is 3. The van der Waals surface area contributed by atoms with Gasteiger partial charge in [0.05, 0.1) is 18.2 Å². The molecule has 122 valence electrons. The Bertz CT molecular complexity index is 898. The molecule has 4 heteroatoms. The lowest BCUT2D eigenvalue weighted by Crippen LogP contribution is -2.10. The molecule has 1 aromatic carbocycles. The maximum atomic E-state index is 9.13. The van der Waals surface area contributed by atoms with Crippen molar-refractivity contribution >= 4 is 11.2 Å². The molecule has 3 rings (SSSR count). The molecule has 0 atom stereocenters. The molecule has 0 bridgehead atoms. The van der Waals surface area contributed by atoms with Crippen molar-refractivity contribution in [2.45, 2.75) is 46.1 Å². The second-order valence-electron chi connectivity index (χ2n) is 6.24. The lowest BCUT2D eigenvalue weighted by atomic mass is 10.0. The monoisotopic (exact) mass is 318 g/mol. The smallest absolute Gasteiger partial charge is 0.160 e. The van der Waals surface area contributed by atoms with Crippen molar-refractivity contribution in [1.29, 1.82) is 5.26 Å². The van der Waals surface area contributed by atoms with Crippen molar-refractivity contribution in [3.8, 4) is 6.07 Å². The van der Waals surface area contributed by atoms with Crippen molar-refractivity contribution < 1.29 is 0 Å². The molecule has 0 radical (unpaired) electrons. The molecule has 0 aliphatic carbocycles.